The van der Waals surface area contributed by atoms with Crippen LogP contribution >= 0.6 is 0 Å². The van der Waals surface area contributed by atoms with Gasteiger partial charge in [-0.2, -0.15) is 0 Å². The Kier molecular flexibility index (Phi) is 4.87. The van der Waals surface area contributed by atoms with Crippen LogP contribution < -0.4 is 5.32 Å². The maximum Gasteiger partial charge on any atom is 0.163 e. The zero-order valence-electron chi connectivity index (χ0n) is 10.1. The van der Waals surface area contributed by atoms with Crippen LogP contribution in [-0.2, 0) is 0 Å². The minimum absolute atomic E-state index is 0.129. The molecule has 0 saturated carbocycles. The highest BCUT2D eigenvalue weighted by molar-refractivity contribution is 5.23. The van der Waals surface area contributed by atoms with Crippen molar-refractivity contribution in [2.75, 3.05) is 6.54 Å². The van der Waals surface area contributed by atoms with Crippen molar-refractivity contribution in [3.63, 3.8) is 0 Å². The lowest BCUT2D eigenvalue weighted by Gasteiger charge is -2.23. The van der Waals surface area contributed by atoms with Crippen molar-refractivity contribution in [1.82, 2.24) is 5.32 Å². The number of rotatable bonds is 5. The maximum atomic E-state index is 13.6. The van der Waals surface area contributed by atoms with Crippen molar-refractivity contribution < 1.29 is 8.78 Å². The van der Waals surface area contributed by atoms with E-state index in [1.54, 1.807) is 12.1 Å². The summed E-state index contributed by atoms with van der Waals surface area (Å²) in [7, 11) is 0. The summed E-state index contributed by atoms with van der Waals surface area (Å²) >= 11 is 0. The molecule has 90 valence electrons. The van der Waals surface area contributed by atoms with Crippen molar-refractivity contribution in [3.8, 4) is 0 Å². The number of benzene rings is 1. The fraction of sp³-hybridized carbons (Fsp3) is 0.538. The molecule has 0 radical (unpaired) electrons. The minimum Gasteiger partial charge on any atom is -0.310 e. The van der Waals surface area contributed by atoms with Crippen molar-refractivity contribution in [2.45, 2.75) is 33.2 Å². The molecular weight excluding hydrogens is 208 g/mol. The van der Waals surface area contributed by atoms with Crippen LogP contribution in [0, 0.1) is 17.6 Å². The first kappa shape index (κ1) is 13.1. The average Bonchev–Trinajstić information content (AvgIpc) is 2.24. The molecule has 0 aliphatic rings. The fourth-order valence-electron chi connectivity index (χ4n) is 1.77. The molecule has 1 N–H and O–H groups in total. The monoisotopic (exact) mass is 227 g/mol. The molecule has 0 aliphatic carbocycles. The van der Waals surface area contributed by atoms with Gasteiger partial charge < -0.3 is 5.32 Å². The molecule has 1 rings (SSSR count). The van der Waals surface area contributed by atoms with E-state index >= 15 is 0 Å². The van der Waals surface area contributed by atoms with E-state index in [4.69, 9.17) is 0 Å². The van der Waals surface area contributed by atoms with E-state index in [9.17, 15) is 8.78 Å². The summed E-state index contributed by atoms with van der Waals surface area (Å²) in [5, 5.41) is 3.25. The standard InChI is InChI=1S/C13H19F2N/c1-4-8-16-13(9(2)3)10-6-5-7-11(14)12(10)15/h5-7,9,13,16H,4,8H2,1-3H3. The van der Waals surface area contributed by atoms with E-state index in [1.807, 2.05) is 20.8 Å². The predicted octanol–water partition coefficient (Wildman–Crippen LogP) is 3.66. The quantitative estimate of drug-likeness (QED) is 0.809. The highest BCUT2D eigenvalue weighted by Gasteiger charge is 2.20. The van der Waals surface area contributed by atoms with E-state index in [1.165, 1.54) is 0 Å². The third-order valence-corrected chi connectivity index (χ3v) is 2.60. The zero-order valence-corrected chi connectivity index (χ0v) is 10.1. The highest BCUT2D eigenvalue weighted by atomic mass is 19.2. The molecular formula is C13H19F2N. The van der Waals surface area contributed by atoms with Gasteiger partial charge in [0, 0.05) is 11.6 Å². The molecule has 3 heteroatoms. The molecule has 0 saturated heterocycles. The molecule has 0 bridgehead atoms. The normalized spacial score (nSPS) is 13.1. The predicted molar refractivity (Wildman–Crippen MR) is 62.2 cm³/mol. The summed E-state index contributed by atoms with van der Waals surface area (Å²) in [5.74, 6) is -1.28. The van der Waals surface area contributed by atoms with Gasteiger partial charge in [-0.3, -0.25) is 0 Å². The van der Waals surface area contributed by atoms with Gasteiger partial charge in [0.25, 0.3) is 0 Å². The van der Waals surface area contributed by atoms with Crippen LogP contribution in [0.3, 0.4) is 0 Å². The molecule has 0 aromatic heterocycles. The van der Waals surface area contributed by atoms with Gasteiger partial charge in [-0.25, -0.2) is 8.78 Å². The Bertz CT molecular complexity index is 337. The molecule has 1 nitrogen and oxygen atoms in total. The van der Waals surface area contributed by atoms with Gasteiger partial charge in [0.2, 0.25) is 0 Å². The lowest BCUT2D eigenvalue weighted by Crippen LogP contribution is -2.27. The maximum absolute atomic E-state index is 13.6. The second kappa shape index (κ2) is 5.94. The van der Waals surface area contributed by atoms with Gasteiger partial charge in [0.15, 0.2) is 11.6 Å². The Morgan fingerprint density at radius 1 is 1.25 bits per heavy atom. The lowest BCUT2D eigenvalue weighted by atomic mass is 9.95. The van der Waals surface area contributed by atoms with E-state index in [-0.39, 0.29) is 12.0 Å². The third kappa shape index (κ3) is 3.01. The summed E-state index contributed by atoms with van der Waals surface area (Å²) in [6.45, 7) is 6.85. The zero-order chi connectivity index (χ0) is 12.1. The van der Waals surface area contributed by atoms with E-state index in [0.717, 1.165) is 19.0 Å². The lowest BCUT2D eigenvalue weighted by molar-refractivity contribution is 0.388. The molecule has 0 heterocycles. The highest BCUT2D eigenvalue weighted by Crippen LogP contribution is 2.25. The average molecular weight is 227 g/mol. The van der Waals surface area contributed by atoms with Gasteiger partial charge in [0.05, 0.1) is 0 Å². The van der Waals surface area contributed by atoms with Gasteiger partial charge >= 0.3 is 0 Å². The van der Waals surface area contributed by atoms with Gasteiger partial charge in [-0.1, -0.05) is 32.9 Å². The van der Waals surface area contributed by atoms with E-state index in [2.05, 4.69) is 5.32 Å². The Morgan fingerprint density at radius 3 is 2.50 bits per heavy atom. The Hall–Kier alpha value is -0.960. The summed E-state index contributed by atoms with van der Waals surface area (Å²) in [5.41, 5.74) is 0.420. The summed E-state index contributed by atoms with van der Waals surface area (Å²) in [6.07, 6.45) is 0.972. The number of hydrogen-bond acceptors (Lipinski definition) is 1. The van der Waals surface area contributed by atoms with Crippen LogP contribution in [0.15, 0.2) is 18.2 Å². The smallest absolute Gasteiger partial charge is 0.163 e. The van der Waals surface area contributed by atoms with E-state index < -0.39 is 11.6 Å². The van der Waals surface area contributed by atoms with Gasteiger partial charge in [-0.15, -0.1) is 0 Å². The number of halogens is 2. The van der Waals surface area contributed by atoms with Gasteiger partial charge in [0.1, 0.15) is 0 Å². The fourth-order valence-corrected chi connectivity index (χ4v) is 1.77. The molecule has 0 fully saturated rings. The molecule has 0 amide bonds. The summed E-state index contributed by atoms with van der Waals surface area (Å²) in [6, 6.07) is 4.22. The second-order valence-corrected chi connectivity index (χ2v) is 4.32. The van der Waals surface area contributed by atoms with Crippen LogP contribution in [0.25, 0.3) is 0 Å². The van der Waals surface area contributed by atoms with E-state index in [0.29, 0.717) is 5.56 Å². The minimum atomic E-state index is -0.776. The van der Waals surface area contributed by atoms with Crippen LogP contribution in [0.2, 0.25) is 0 Å². The SMILES string of the molecule is CCCNC(c1cccc(F)c1F)C(C)C. The Morgan fingerprint density at radius 2 is 1.94 bits per heavy atom. The van der Waals surface area contributed by atoms with Crippen LogP contribution in [0.1, 0.15) is 38.8 Å². The molecule has 1 aromatic rings. The molecule has 1 unspecified atom stereocenters. The van der Waals surface area contributed by atoms with Crippen molar-refractivity contribution in [2.24, 2.45) is 5.92 Å². The van der Waals surface area contributed by atoms with Crippen molar-refractivity contribution >= 4 is 0 Å². The third-order valence-electron chi connectivity index (χ3n) is 2.60. The first-order valence-corrected chi connectivity index (χ1v) is 5.75. The topological polar surface area (TPSA) is 12.0 Å². The molecule has 0 aliphatic heterocycles. The molecule has 1 atom stereocenters. The van der Waals surface area contributed by atoms with Crippen LogP contribution in [-0.4, -0.2) is 6.54 Å². The first-order valence-electron chi connectivity index (χ1n) is 5.75. The largest absolute Gasteiger partial charge is 0.310 e. The second-order valence-electron chi connectivity index (χ2n) is 4.32. The van der Waals surface area contributed by atoms with Crippen molar-refractivity contribution in [3.05, 3.63) is 35.4 Å². The summed E-state index contributed by atoms with van der Waals surface area (Å²) in [4.78, 5) is 0. The molecule has 16 heavy (non-hydrogen) atoms. The number of nitrogens with one attached hydrogen (secondary N) is 1. The van der Waals surface area contributed by atoms with Crippen molar-refractivity contribution in [1.29, 1.82) is 0 Å². The Labute approximate surface area is 95.9 Å². The molecule has 1 aromatic carbocycles. The number of hydrogen-bond donors (Lipinski definition) is 1. The van der Waals surface area contributed by atoms with Gasteiger partial charge in [-0.05, 0) is 24.9 Å². The first-order chi connectivity index (χ1) is 7.57. The van der Waals surface area contributed by atoms with Crippen LogP contribution in [0.5, 0.6) is 0 Å². The molecule has 0 spiro atoms. The Balaban J connectivity index is 2.96. The summed E-state index contributed by atoms with van der Waals surface area (Å²) < 4.78 is 26.7. The van der Waals surface area contributed by atoms with Crippen LogP contribution in [0.4, 0.5) is 8.78 Å².